The first kappa shape index (κ1) is 23.7. The first-order valence-electron chi connectivity index (χ1n) is 12.5. The molecule has 2 aliphatic rings. The maximum absolute atomic E-state index is 13.1. The number of aromatic nitrogens is 2. The Morgan fingerprint density at radius 3 is 2.50 bits per heavy atom. The van der Waals surface area contributed by atoms with Gasteiger partial charge in [0, 0.05) is 36.7 Å². The van der Waals surface area contributed by atoms with Gasteiger partial charge in [-0.25, -0.2) is 4.98 Å². The standard InChI is InChI=1S/C30H26N4O4/c1-33-18-31-27(28(33)20-9-7-19(8-10-20)17-38-23-5-3-2-4-6-23)21-11-12-24-22(15-21)16-34(30(24)37)25-13-14-26(35)32-29(25)36/h2-12,15,18,25H,13-14,16-17H2,1H3,(H,32,35,36). The molecule has 3 amide bonds. The lowest BCUT2D eigenvalue weighted by atomic mass is 10.00. The third-order valence-corrected chi connectivity index (χ3v) is 7.11. The predicted molar refractivity (Wildman–Crippen MR) is 141 cm³/mol. The number of nitrogens with zero attached hydrogens (tertiary/aromatic N) is 3. The third-order valence-electron chi connectivity index (χ3n) is 7.11. The maximum atomic E-state index is 13.1. The molecule has 1 atom stereocenters. The van der Waals surface area contributed by atoms with Gasteiger partial charge in [0.1, 0.15) is 18.4 Å². The summed E-state index contributed by atoms with van der Waals surface area (Å²) in [6, 6.07) is 23.0. The van der Waals surface area contributed by atoms with Crippen LogP contribution < -0.4 is 10.1 Å². The van der Waals surface area contributed by atoms with Crippen molar-refractivity contribution in [1.82, 2.24) is 19.8 Å². The van der Waals surface area contributed by atoms with Crippen LogP contribution in [0.25, 0.3) is 22.5 Å². The Labute approximate surface area is 219 Å². The second-order valence-corrected chi connectivity index (χ2v) is 9.62. The van der Waals surface area contributed by atoms with Gasteiger partial charge in [0.25, 0.3) is 5.91 Å². The Morgan fingerprint density at radius 2 is 1.74 bits per heavy atom. The van der Waals surface area contributed by atoms with E-state index in [1.54, 1.807) is 17.3 Å². The fourth-order valence-corrected chi connectivity index (χ4v) is 5.15. The molecule has 190 valence electrons. The molecule has 1 N–H and O–H groups in total. The van der Waals surface area contributed by atoms with Gasteiger partial charge < -0.3 is 14.2 Å². The number of imidazole rings is 1. The molecule has 0 bridgehead atoms. The van der Waals surface area contributed by atoms with Crippen LogP contribution in [-0.4, -0.2) is 38.2 Å². The van der Waals surface area contributed by atoms with E-state index in [1.165, 1.54) is 0 Å². The molecule has 1 aromatic heterocycles. The van der Waals surface area contributed by atoms with Crippen molar-refractivity contribution in [3.63, 3.8) is 0 Å². The molecule has 0 aliphatic carbocycles. The van der Waals surface area contributed by atoms with Gasteiger partial charge >= 0.3 is 0 Å². The van der Waals surface area contributed by atoms with Crippen molar-refractivity contribution >= 4 is 17.7 Å². The Bertz CT molecular complexity index is 1540. The number of para-hydroxylation sites is 1. The van der Waals surface area contributed by atoms with Gasteiger partial charge in [-0.05, 0) is 41.8 Å². The molecule has 4 aromatic rings. The number of hydrogen-bond acceptors (Lipinski definition) is 5. The molecule has 38 heavy (non-hydrogen) atoms. The zero-order valence-electron chi connectivity index (χ0n) is 20.9. The van der Waals surface area contributed by atoms with Crippen LogP contribution in [0.15, 0.2) is 79.1 Å². The van der Waals surface area contributed by atoms with E-state index in [0.29, 0.717) is 25.1 Å². The summed E-state index contributed by atoms with van der Waals surface area (Å²) >= 11 is 0. The van der Waals surface area contributed by atoms with E-state index < -0.39 is 11.9 Å². The van der Waals surface area contributed by atoms with Crippen LogP contribution in [0.4, 0.5) is 0 Å². The van der Waals surface area contributed by atoms with Crippen LogP contribution in [0.3, 0.4) is 0 Å². The molecular weight excluding hydrogens is 480 g/mol. The fourth-order valence-electron chi connectivity index (χ4n) is 5.15. The average Bonchev–Trinajstić information content (AvgIpc) is 3.47. The minimum Gasteiger partial charge on any atom is -0.489 e. The van der Waals surface area contributed by atoms with Gasteiger partial charge in [0.2, 0.25) is 11.8 Å². The van der Waals surface area contributed by atoms with Crippen LogP contribution in [0, 0.1) is 0 Å². The number of benzene rings is 3. The number of nitrogens with one attached hydrogen (secondary N) is 1. The van der Waals surface area contributed by atoms with Gasteiger partial charge in [-0.1, -0.05) is 48.5 Å². The number of aryl methyl sites for hydroxylation is 1. The highest BCUT2D eigenvalue weighted by molar-refractivity contribution is 6.05. The van der Waals surface area contributed by atoms with E-state index in [1.807, 2.05) is 66.2 Å². The SMILES string of the molecule is Cn1cnc(-c2ccc3c(c2)CN(C2CCC(=O)NC2=O)C3=O)c1-c1ccc(COc2ccccc2)cc1. The number of imide groups is 1. The Balaban J connectivity index is 1.23. The predicted octanol–water partition coefficient (Wildman–Crippen LogP) is 4.09. The molecule has 6 rings (SSSR count). The molecule has 1 unspecified atom stereocenters. The van der Waals surface area contributed by atoms with Crippen LogP contribution >= 0.6 is 0 Å². The lowest BCUT2D eigenvalue weighted by Gasteiger charge is -2.29. The van der Waals surface area contributed by atoms with Gasteiger partial charge in [-0.2, -0.15) is 0 Å². The Morgan fingerprint density at radius 1 is 0.974 bits per heavy atom. The molecule has 8 heteroatoms. The van der Waals surface area contributed by atoms with Crippen molar-refractivity contribution in [2.45, 2.75) is 32.0 Å². The fraction of sp³-hybridized carbons (Fsp3) is 0.200. The number of amides is 3. The smallest absolute Gasteiger partial charge is 0.255 e. The summed E-state index contributed by atoms with van der Waals surface area (Å²) in [5, 5.41) is 2.35. The number of ether oxygens (including phenoxy) is 1. The highest BCUT2D eigenvalue weighted by Crippen LogP contribution is 2.35. The van der Waals surface area contributed by atoms with Crippen molar-refractivity contribution in [1.29, 1.82) is 0 Å². The summed E-state index contributed by atoms with van der Waals surface area (Å²) in [7, 11) is 1.96. The number of rotatable bonds is 6. The van der Waals surface area contributed by atoms with Gasteiger partial charge in [-0.3, -0.25) is 19.7 Å². The van der Waals surface area contributed by atoms with Crippen molar-refractivity contribution in [3.8, 4) is 28.3 Å². The van der Waals surface area contributed by atoms with E-state index in [9.17, 15) is 14.4 Å². The van der Waals surface area contributed by atoms with Crippen LogP contribution in [0.5, 0.6) is 5.75 Å². The molecule has 0 saturated carbocycles. The van der Waals surface area contributed by atoms with Crippen molar-refractivity contribution in [2.75, 3.05) is 0 Å². The highest BCUT2D eigenvalue weighted by atomic mass is 16.5. The highest BCUT2D eigenvalue weighted by Gasteiger charge is 2.39. The summed E-state index contributed by atoms with van der Waals surface area (Å²) in [5.41, 5.74) is 6.19. The maximum Gasteiger partial charge on any atom is 0.255 e. The Kier molecular flexibility index (Phi) is 5.99. The van der Waals surface area contributed by atoms with Gasteiger partial charge in [0.15, 0.2) is 0 Å². The van der Waals surface area contributed by atoms with Crippen LogP contribution in [0.2, 0.25) is 0 Å². The van der Waals surface area contributed by atoms with E-state index >= 15 is 0 Å². The molecule has 3 heterocycles. The number of fused-ring (bicyclic) bond motifs is 1. The minimum atomic E-state index is -0.633. The van der Waals surface area contributed by atoms with Crippen molar-refractivity contribution in [3.05, 3.63) is 95.8 Å². The summed E-state index contributed by atoms with van der Waals surface area (Å²) in [5.74, 6) is -0.0586. The molecule has 0 radical (unpaired) electrons. The van der Waals surface area contributed by atoms with E-state index in [2.05, 4.69) is 22.4 Å². The minimum absolute atomic E-state index is 0.185. The van der Waals surface area contributed by atoms with Gasteiger partial charge in [0.05, 0.1) is 17.7 Å². The zero-order chi connectivity index (χ0) is 26.2. The van der Waals surface area contributed by atoms with E-state index in [-0.39, 0.29) is 18.2 Å². The third kappa shape index (κ3) is 4.34. The van der Waals surface area contributed by atoms with Crippen molar-refractivity contribution < 1.29 is 19.1 Å². The molecule has 3 aromatic carbocycles. The molecule has 1 saturated heterocycles. The quantitative estimate of drug-likeness (QED) is 0.398. The normalized spacial score (nSPS) is 16.9. The lowest BCUT2D eigenvalue weighted by Crippen LogP contribution is -2.52. The first-order valence-corrected chi connectivity index (χ1v) is 12.5. The van der Waals surface area contributed by atoms with E-state index in [4.69, 9.17) is 4.74 Å². The van der Waals surface area contributed by atoms with E-state index in [0.717, 1.165) is 39.4 Å². The number of piperidine rings is 1. The molecule has 0 spiro atoms. The number of carbonyl (C=O) groups excluding carboxylic acids is 3. The number of hydrogen-bond donors (Lipinski definition) is 1. The van der Waals surface area contributed by atoms with Crippen LogP contribution in [0.1, 0.15) is 34.3 Å². The molecule has 1 fully saturated rings. The molecule has 8 nitrogen and oxygen atoms in total. The monoisotopic (exact) mass is 506 g/mol. The topological polar surface area (TPSA) is 93.5 Å². The summed E-state index contributed by atoms with van der Waals surface area (Å²) in [4.78, 5) is 43.2. The number of carbonyl (C=O) groups is 3. The van der Waals surface area contributed by atoms with Crippen molar-refractivity contribution in [2.24, 2.45) is 7.05 Å². The molecule has 2 aliphatic heterocycles. The Hall–Kier alpha value is -4.72. The summed E-state index contributed by atoms with van der Waals surface area (Å²) < 4.78 is 7.85. The summed E-state index contributed by atoms with van der Waals surface area (Å²) in [6.07, 6.45) is 2.36. The summed E-state index contributed by atoms with van der Waals surface area (Å²) in [6.45, 7) is 0.803. The lowest BCUT2D eigenvalue weighted by molar-refractivity contribution is -0.136. The largest absolute Gasteiger partial charge is 0.489 e. The van der Waals surface area contributed by atoms with Gasteiger partial charge in [-0.15, -0.1) is 0 Å². The molecular formula is C30H26N4O4. The first-order chi connectivity index (χ1) is 18.5. The zero-order valence-corrected chi connectivity index (χ0v) is 20.9. The average molecular weight is 507 g/mol. The second kappa shape index (κ2) is 9.63. The van der Waals surface area contributed by atoms with Crippen LogP contribution in [-0.2, 0) is 29.8 Å². The second-order valence-electron chi connectivity index (χ2n) is 9.62.